The van der Waals surface area contributed by atoms with Crippen LogP contribution in [0.5, 0.6) is 11.5 Å². The van der Waals surface area contributed by atoms with Gasteiger partial charge in [0.2, 0.25) is 0 Å². The molecule has 0 amide bonds. The molecule has 0 spiro atoms. The summed E-state index contributed by atoms with van der Waals surface area (Å²) >= 11 is 6.14. The summed E-state index contributed by atoms with van der Waals surface area (Å²) in [4.78, 5) is 0. The molecule has 0 bridgehead atoms. The van der Waals surface area contributed by atoms with Crippen LogP contribution in [0, 0.1) is 0 Å². The van der Waals surface area contributed by atoms with E-state index in [-0.39, 0.29) is 0 Å². The molecule has 2 aromatic carbocycles. The van der Waals surface area contributed by atoms with Gasteiger partial charge in [0.15, 0.2) is 11.5 Å². The topological polar surface area (TPSA) is 34.1 Å². The van der Waals surface area contributed by atoms with E-state index in [2.05, 4.69) is 5.10 Å². The van der Waals surface area contributed by atoms with Gasteiger partial charge in [-0.15, -0.1) is 0 Å². The van der Waals surface area contributed by atoms with Crippen LogP contribution in [-0.2, 0) is 6.61 Å². The number of hydrogen-bond donors (Lipinski definition) is 0. The number of hydrogen-bond acceptors (Lipinski definition) is 4. The first kappa shape index (κ1) is 16.2. The minimum atomic E-state index is 0.379. The van der Waals surface area contributed by atoms with Gasteiger partial charge in [0.25, 0.3) is 0 Å². The largest absolute Gasteiger partial charge is 0.493 e. The van der Waals surface area contributed by atoms with Crippen molar-refractivity contribution in [1.82, 2.24) is 5.01 Å². The van der Waals surface area contributed by atoms with E-state index in [1.54, 1.807) is 18.3 Å². The molecular formula is C17H19ClN2O2. The van der Waals surface area contributed by atoms with Crippen LogP contribution in [0.15, 0.2) is 47.6 Å². The summed E-state index contributed by atoms with van der Waals surface area (Å²) in [7, 11) is 5.36. The predicted molar refractivity (Wildman–Crippen MR) is 90.1 cm³/mol. The second-order valence-corrected chi connectivity index (χ2v) is 5.29. The molecule has 0 radical (unpaired) electrons. The molecule has 0 N–H and O–H groups in total. The van der Waals surface area contributed by atoms with Crippen molar-refractivity contribution in [2.45, 2.75) is 6.61 Å². The molecule has 0 saturated carbocycles. The number of benzene rings is 2. The summed E-state index contributed by atoms with van der Waals surface area (Å²) in [5.74, 6) is 1.33. The first-order valence-electron chi connectivity index (χ1n) is 6.85. The van der Waals surface area contributed by atoms with Gasteiger partial charge in [-0.25, -0.2) is 0 Å². The fourth-order valence-electron chi connectivity index (χ4n) is 1.84. The van der Waals surface area contributed by atoms with Crippen LogP contribution in [0.2, 0.25) is 5.02 Å². The lowest BCUT2D eigenvalue weighted by molar-refractivity contribution is 0.284. The maximum Gasteiger partial charge on any atom is 0.162 e. The maximum absolute atomic E-state index is 6.14. The standard InChI is InChI=1S/C17H19ClN2O2/c1-20(2)19-11-13-8-9-16(21-3)17(10-13)22-12-14-6-4-5-7-15(14)18/h4-11H,12H2,1-3H3/b19-11+. The minimum Gasteiger partial charge on any atom is -0.493 e. The summed E-state index contributed by atoms with van der Waals surface area (Å²) in [6.45, 7) is 0.379. The lowest BCUT2D eigenvalue weighted by atomic mass is 10.2. The molecular weight excluding hydrogens is 300 g/mol. The van der Waals surface area contributed by atoms with Crippen molar-refractivity contribution in [3.8, 4) is 11.5 Å². The maximum atomic E-state index is 6.14. The number of methoxy groups -OCH3 is 1. The first-order valence-corrected chi connectivity index (χ1v) is 7.23. The summed E-state index contributed by atoms with van der Waals surface area (Å²) in [5.41, 5.74) is 1.86. The molecule has 0 atom stereocenters. The van der Waals surface area contributed by atoms with Crippen LogP contribution in [0.3, 0.4) is 0 Å². The van der Waals surface area contributed by atoms with Crippen molar-refractivity contribution in [1.29, 1.82) is 0 Å². The third-order valence-electron chi connectivity index (χ3n) is 2.97. The molecule has 4 nitrogen and oxygen atoms in total. The fraction of sp³-hybridized carbons (Fsp3) is 0.235. The van der Waals surface area contributed by atoms with Gasteiger partial charge in [-0.2, -0.15) is 5.10 Å². The molecule has 2 aromatic rings. The zero-order valence-electron chi connectivity index (χ0n) is 12.9. The average Bonchev–Trinajstić information content (AvgIpc) is 2.52. The molecule has 22 heavy (non-hydrogen) atoms. The quantitative estimate of drug-likeness (QED) is 0.600. The third kappa shape index (κ3) is 4.40. The Morgan fingerprint density at radius 1 is 1.14 bits per heavy atom. The number of nitrogens with zero attached hydrogens (tertiary/aromatic N) is 2. The average molecular weight is 319 g/mol. The van der Waals surface area contributed by atoms with Crippen LogP contribution < -0.4 is 9.47 Å². The zero-order chi connectivity index (χ0) is 15.9. The highest BCUT2D eigenvalue weighted by molar-refractivity contribution is 6.31. The highest BCUT2D eigenvalue weighted by Gasteiger charge is 2.07. The van der Waals surface area contributed by atoms with Crippen LogP contribution >= 0.6 is 11.6 Å². The molecule has 0 aliphatic rings. The Balaban J connectivity index is 2.17. The highest BCUT2D eigenvalue weighted by Crippen LogP contribution is 2.29. The molecule has 0 aliphatic heterocycles. The van der Waals surface area contributed by atoms with Gasteiger partial charge in [-0.3, -0.25) is 0 Å². The molecule has 0 unspecified atom stereocenters. The van der Waals surface area contributed by atoms with Gasteiger partial charge in [0, 0.05) is 24.7 Å². The Morgan fingerprint density at radius 3 is 2.59 bits per heavy atom. The van der Waals surface area contributed by atoms with E-state index in [0.29, 0.717) is 23.1 Å². The molecule has 0 saturated heterocycles. The van der Waals surface area contributed by atoms with Crippen LogP contribution in [-0.4, -0.2) is 32.4 Å². The summed E-state index contributed by atoms with van der Waals surface area (Å²) < 4.78 is 11.2. The minimum absolute atomic E-state index is 0.379. The zero-order valence-corrected chi connectivity index (χ0v) is 13.7. The molecule has 2 rings (SSSR count). The first-order chi connectivity index (χ1) is 10.6. The van der Waals surface area contributed by atoms with E-state index in [1.165, 1.54) is 0 Å². The van der Waals surface area contributed by atoms with Crippen molar-refractivity contribution in [2.75, 3.05) is 21.2 Å². The van der Waals surface area contributed by atoms with Gasteiger partial charge < -0.3 is 14.5 Å². The summed E-state index contributed by atoms with van der Waals surface area (Å²) in [5, 5.41) is 6.63. The van der Waals surface area contributed by atoms with Gasteiger partial charge in [0.1, 0.15) is 6.61 Å². The molecule has 0 aliphatic carbocycles. The second-order valence-electron chi connectivity index (χ2n) is 4.88. The van der Waals surface area contributed by atoms with Crippen molar-refractivity contribution in [3.63, 3.8) is 0 Å². The predicted octanol–water partition coefficient (Wildman–Crippen LogP) is 3.82. The third-order valence-corrected chi connectivity index (χ3v) is 3.34. The van der Waals surface area contributed by atoms with E-state index in [4.69, 9.17) is 21.1 Å². The van der Waals surface area contributed by atoms with Crippen molar-refractivity contribution in [3.05, 3.63) is 58.6 Å². The van der Waals surface area contributed by atoms with Crippen molar-refractivity contribution in [2.24, 2.45) is 5.10 Å². The van der Waals surface area contributed by atoms with Gasteiger partial charge in [-0.1, -0.05) is 29.8 Å². The Hall–Kier alpha value is -2.20. The number of ether oxygens (including phenoxy) is 2. The number of halogens is 1. The summed E-state index contributed by atoms with van der Waals surface area (Å²) in [6, 6.07) is 13.3. The lowest BCUT2D eigenvalue weighted by Gasteiger charge is -2.12. The molecule has 0 aromatic heterocycles. The van der Waals surface area contributed by atoms with Crippen LogP contribution in [0.1, 0.15) is 11.1 Å². The summed E-state index contributed by atoms with van der Waals surface area (Å²) in [6.07, 6.45) is 1.77. The van der Waals surface area contributed by atoms with E-state index >= 15 is 0 Å². The fourth-order valence-corrected chi connectivity index (χ4v) is 2.03. The van der Waals surface area contributed by atoms with Gasteiger partial charge >= 0.3 is 0 Å². The highest BCUT2D eigenvalue weighted by atomic mass is 35.5. The van der Waals surface area contributed by atoms with Crippen LogP contribution in [0.25, 0.3) is 0 Å². The van der Waals surface area contributed by atoms with Crippen molar-refractivity contribution < 1.29 is 9.47 Å². The lowest BCUT2D eigenvalue weighted by Crippen LogP contribution is -2.02. The smallest absolute Gasteiger partial charge is 0.162 e. The SMILES string of the molecule is COc1ccc(/C=N/N(C)C)cc1OCc1ccccc1Cl. The van der Waals surface area contributed by atoms with E-state index in [9.17, 15) is 0 Å². The molecule has 0 fully saturated rings. The molecule has 116 valence electrons. The van der Waals surface area contributed by atoms with E-state index < -0.39 is 0 Å². The van der Waals surface area contributed by atoms with Gasteiger partial charge in [-0.05, 0) is 29.8 Å². The monoisotopic (exact) mass is 318 g/mol. The van der Waals surface area contributed by atoms with Crippen molar-refractivity contribution >= 4 is 17.8 Å². The van der Waals surface area contributed by atoms with E-state index in [1.807, 2.05) is 56.6 Å². The normalized spacial score (nSPS) is 10.7. The second kappa shape index (κ2) is 7.71. The Labute approximate surface area is 135 Å². The molecule has 0 heterocycles. The molecule has 5 heteroatoms. The van der Waals surface area contributed by atoms with E-state index in [0.717, 1.165) is 11.1 Å². The number of hydrazone groups is 1. The number of rotatable bonds is 6. The Morgan fingerprint density at radius 2 is 1.91 bits per heavy atom. The Bertz CT molecular complexity index is 657. The van der Waals surface area contributed by atoms with Crippen LogP contribution in [0.4, 0.5) is 0 Å². The van der Waals surface area contributed by atoms with Gasteiger partial charge in [0.05, 0.1) is 13.3 Å². The Kier molecular flexibility index (Phi) is 5.67.